The lowest BCUT2D eigenvalue weighted by Crippen LogP contribution is -2.30. The SMILES string of the molecule is Cc1ccc(-c2nc(C(=O)N(Cc3ccco3)c3ccccc3)cs2)cc1. The summed E-state index contributed by atoms with van der Waals surface area (Å²) in [4.78, 5) is 19.5. The van der Waals surface area contributed by atoms with Gasteiger partial charge in [0.2, 0.25) is 0 Å². The van der Waals surface area contributed by atoms with Crippen molar-refractivity contribution in [1.29, 1.82) is 0 Å². The van der Waals surface area contributed by atoms with Gasteiger partial charge in [0, 0.05) is 16.6 Å². The Morgan fingerprint density at radius 2 is 1.81 bits per heavy atom. The molecule has 134 valence electrons. The molecule has 0 saturated carbocycles. The van der Waals surface area contributed by atoms with Crippen molar-refractivity contribution < 1.29 is 9.21 Å². The number of para-hydroxylation sites is 1. The van der Waals surface area contributed by atoms with Crippen molar-refractivity contribution in [2.75, 3.05) is 4.90 Å². The molecule has 0 unspecified atom stereocenters. The lowest BCUT2D eigenvalue weighted by Gasteiger charge is -2.20. The molecule has 2 aromatic heterocycles. The summed E-state index contributed by atoms with van der Waals surface area (Å²) in [7, 11) is 0. The Kier molecular flexibility index (Phi) is 4.85. The second-order valence-electron chi connectivity index (χ2n) is 6.21. The molecule has 4 aromatic rings. The van der Waals surface area contributed by atoms with Gasteiger partial charge in [-0.05, 0) is 31.2 Å². The first-order valence-electron chi connectivity index (χ1n) is 8.62. The first-order valence-corrected chi connectivity index (χ1v) is 9.50. The van der Waals surface area contributed by atoms with Gasteiger partial charge < -0.3 is 4.42 Å². The van der Waals surface area contributed by atoms with Crippen molar-refractivity contribution in [2.45, 2.75) is 13.5 Å². The topological polar surface area (TPSA) is 46.3 Å². The monoisotopic (exact) mass is 374 g/mol. The number of benzene rings is 2. The number of nitrogens with zero attached hydrogens (tertiary/aromatic N) is 2. The van der Waals surface area contributed by atoms with Crippen molar-refractivity contribution in [1.82, 2.24) is 4.98 Å². The highest BCUT2D eigenvalue weighted by Crippen LogP contribution is 2.26. The molecule has 5 heteroatoms. The molecule has 27 heavy (non-hydrogen) atoms. The third kappa shape index (κ3) is 3.83. The maximum absolute atomic E-state index is 13.2. The summed E-state index contributed by atoms with van der Waals surface area (Å²) >= 11 is 1.48. The number of aromatic nitrogens is 1. The zero-order valence-electron chi connectivity index (χ0n) is 14.8. The lowest BCUT2D eigenvalue weighted by molar-refractivity contribution is 0.0979. The number of thiazole rings is 1. The van der Waals surface area contributed by atoms with E-state index >= 15 is 0 Å². The first kappa shape index (κ1) is 17.2. The van der Waals surface area contributed by atoms with Crippen LogP contribution in [0.4, 0.5) is 5.69 Å². The zero-order valence-corrected chi connectivity index (χ0v) is 15.6. The van der Waals surface area contributed by atoms with E-state index in [0.29, 0.717) is 12.2 Å². The number of rotatable bonds is 5. The molecule has 2 aromatic carbocycles. The minimum atomic E-state index is -0.146. The summed E-state index contributed by atoms with van der Waals surface area (Å²) < 4.78 is 5.45. The number of hydrogen-bond acceptors (Lipinski definition) is 4. The number of furan rings is 1. The van der Waals surface area contributed by atoms with Gasteiger partial charge in [0.25, 0.3) is 5.91 Å². The standard InChI is InChI=1S/C22H18N2O2S/c1-16-9-11-17(12-10-16)21-23-20(15-27-21)22(25)24(14-19-8-5-13-26-19)18-6-3-2-4-7-18/h2-13,15H,14H2,1H3. The third-order valence-electron chi connectivity index (χ3n) is 4.23. The van der Waals surface area contributed by atoms with Crippen LogP contribution in [0.5, 0.6) is 0 Å². The first-order chi connectivity index (χ1) is 13.2. The predicted molar refractivity (Wildman–Crippen MR) is 108 cm³/mol. The van der Waals surface area contributed by atoms with Gasteiger partial charge in [-0.25, -0.2) is 4.98 Å². The van der Waals surface area contributed by atoms with E-state index in [0.717, 1.165) is 22.0 Å². The summed E-state index contributed by atoms with van der Waals surface area (Å²) in [6.07, 6.45) is 1.61. The molecule has 4 nitrogen and oxygen atoms in total. The fourth-order valence-corrected chi connectivity index (χ4v) is 3.59. The molecule has 0 N–H and O–H groups in total. The van der Waals surface area contributed by atoms with E-state index < -0.39 is 0 Å². The Morgan fingerprint density at radius 3 is 2.52 bits per heavy atom. The van der Waals surface area contributed by atoms with Crippen LogP contribution in [0.15, 0.2) is 82.8 Å². The Morgan fingerprint density at radius 1 is 1.04 bits per heavy atom. The molecular formula is C22H18N2O2S. The molecule has 0 spiro atoms. The van der Waals surface area contributed by atoms with Crippen LogP contribution >= 0.6 is 11.3 Å². The van der Waals surface area contributed by atoms with Crippen LogP contribution in [0.1, 0.15) is 21.8 Å². The summed E-state index contributed by atoms with van der Waals surface area (Å²) in [6.45, 7) is 2.40. The fraction of sp³-hybridized carbons (Fsp3) is 0.0909. The zero-order chi connectivity index (χ0) is 18.6. The van der Waals surface area contributed by atoms with Crippen LogP contribution in [0, 0.1) is 6.92 Å². The van der Waals surface area contributed by atoms with E-state index in [1.165, 1.54) is 16.9 Å². The minimum absolute atomic E-state index is 0.146. The van der Waals surface area contributed by atoms with Gasteiger partial charge >= 0.3 is 0 Å². The van der Waals surface area contributed by atoms with Crippen LogP contribution in [-0.2, 0) is 6.54 Å². The van der Waals surface area contributed by atoms with Crippen molar-refractivity contribution in [3.05, 3.63) is 95.4 Å². The van der Waals surface area contributed by atoms with Crippen LogP contribution in [0.3, 0.4) is 0 Å². The Labute approximate surface area is 161 Å². The highest BCUT2D eigenvalue weighted by molar-refractivity contribution is 7.13. The molecule has 4 rings (SSSR count). The van der Waals surface area contributed by atoms with Gasteiger partial charge in [-0.3, -0.25) is 9.69 Å². The van der Waals surface area contributed by atoms with Crippen molar-refractivity contribution in [3.8, 4) is 10.6 Å². The molecule has 0 aliphatic heterocycles. The molecule has 0 atom stereocenters. The molecular weight excluding hydrogens is 356 g/mol. The van der Waals surface area contributed by atoms with Crippen molar-refractivity contribution in [2.24, 2.45) is 0 Å². The maximum Gasteiger partial charge on any atom is 0.278 e. The largest absolute Gasteiger partial charge is 0.467 e. The van der Waals surface area contributed by atoms with Gasteiger partial charge in [-0.2, -0.15) is 0 Å². The van der Waals surface area contributed by atoms with Crippen molar-refractivity contribution >= 4 is 22.9 Å². The number of anilines is 1. The van der Waals surface area contributed by atoms with E-state index in [1.807, 2.05) is 79.0 Å². The van der Waals surface area contributed by atoms with Crippen LogP contribution in [-0.4, -0.2) is 10.9 Å². The number of hydrogen-bond donors (Lipinski definition) is 0. The fourth-order valence-electron chi connectivity index (χ4n) is 2.79. The number of aryl methyl sites for hydroxylation is 1. The third-order valence-corrected chi connectivity index (χ3v) is 5.12. The van der Waals surface area contributed by atoms with E-state index in [9.17, 15) is 4.79 Å². The van der Waals surface area contributed by atoms with Gasteiger partial charge in [-0.1, -0.05) is 48.0 Å². The van der Waals surface area contributed by atoms with Gasteiger partial charge in [0.05, 0.1) is 12.8 Å². The normalized spacial score (nSPS) is 10.7. The molecule has 0 radical (unpaired) electrons. The minimum Gasteiger partial charge on any atom is -0.467 e. The van der Waals surface area contributed by atoms with Gasteiger partial charge in [0.1, 0.15) is 16.5 Å². The summed E-state index contributed by atoms with van der Waals surface area (Å²) in [5.74, 6) is 0.577. The number of carbonyl (C=O) groups is 1. The van der Waals surface area contributed by atoms with E-state index in [1.54, 1.807) is 11.2 Å². The maximum atomic E-state index is 13.2. The van der Waals surface area contributed by atoms with E-state index in [2.05, 4.69) is 4.98 Å². The summed E-state index contributed by atoms with van der Waals surface area (Å²) in [5.41, 5.74) is 3.46. The molecule has 0 fully saturated rings. The van der Waals surface area contributed by atoms with Gasteiger partial charge in [-0.15, -0.1) is 11.3 Å². The number of amides is 1. The second-order valence-corrected chi connectivity index (χ2v) is 7.07. The molecule has 0 aliphatic rings. The average Bonchev–Trinajstić information content (AvgIpc) is 3.39. The Balaban J connectivity index is 1.64. The average molecular weight is 374 g/mol. The molecule has 0 saturated heterocycles. The van der Waals surface area contributed by atoms with Crippen LogP contribution in [0.25, 0.3) is 10.6 Å². The smallest absolute Gasteiger partial charge is 0.278 e. The molecule has 1 amide bonds. The quantitative estimate of drug-likeness (QED) is 0.459. The Bertz CT molecular complexity index is 1020. The van der Waals surface area contributed by atoms with Crippen LogP contribution < -0.4 is 4.90 Å². The highest BCUT2D eigenvalue weighted by atomic mass is 32.1. The number of carbonyl (C=O) groups excluding carboxylic acids is 1. The Hall–Kier alpha value is -3.18. The molecule has 0 aliphatic carbocycles. The highest BCUT2D eigenvalue weighted by Gasteiger charge is 2.22. The van der Waals surface area contributed by atoms with E-state index in [-0.39, 0.29) is 5.91 Å². The van der Waals surface area contributed by atoms with E-state index in [4.69, 9.17) is 4.42 Å². The van der Waals surface area contributed by atoms with Crippen LogP contribution in [0.2, 0.25) is 0 Å². The molecule has 2 heterocycles. The van der Waals surface area contributed by atoms with Crippen molar-refractivity contribution in [3.63, 3.8) is 0 Å². The second kappa shape index (κ2) is 7.60. The molecule has 0 bridgehead atoms. The predicted octanol–water partition coefficient (Wildman–Crippen LogP) is 5.56. The summed E-state index contributed by atoms with van der Waals surface area (Å²) in [5, 5.41) is 2.65. The summed E-state index contributed by atoms with van der Waals surface area (Å²) in [6, 6.07) is 21.4. The van der Waals surface area contributed by atoms with Gasteiger partial charge in [0.15, 0.2) is 0 Å². The lowest BCUT2D eigenvalue weighted by atomic mass is 10.2.